The van der Waals surface area contributed by atoms with Crippen LogP contribution in [0.3, 0.4) is 0 Å². The summed E-state index contributed by atoms with van der Waals surface area (Å²) in [5.41, 5.74) is 1.78. The minimum atomic E-state index is -0.534. The number of esters is 1. The van der Waals surface area contributed by atoms with Crippen molar-refractivity contribution in [2.24, 2.45) is 7.05 Å². The topological polar surface area (TPSA) is 79.1 Å². The van der Waals surface area contributed by atoms with Crippen molar-refractivity contribution in [2.75, 3.05) is 7.11 Å². The number of nitrogens with zero attached hydrogens (tertiary/aromatic N) is 4. The number of ether oxygens (including phenoxy) is 2. The van der Waals surface area contributed by atoms with E-state index in [-0.39, 0.29) is 5.69 Å². The fourth-order valence-corrected chi connectivity index (χ4v) is 1.59. The van der Waals surface area contributed by atoms with Gasteiger partial charge in [-0.2, -0.15) is 5.10 Å². The van der Waals surface area contributed by atoms with Crippen LogP contribution in [0.4, 0.5) is 0 Å². The Bertz CT molecular complexity index is 604. The van der Waals surface area contributed by atoms with E-state index in [0.29, 0.717) is 11.6 Å². The van der Waals surface area contributed by atoms with Crippen molar-refractivity contribution < 1.29 is 14.3 Å². The molecule has 2 heterocycles. The minimum Gasteiger partial charge on any atom is -0.464 e. The van der Waals surface area contributed by atoms with Gasteiger partial charge in [0, 0.05) is 7.05 Å². The quantitative estimate of drug-likeness (QED) is 0.778. The standard InChI is InChI=1S/C12H14N4O3/c1-7-11(8(2)16(3)15-7)19-10-6-13-9(5-14-10)12(17)18-4/h5-6H,1-4H3. The first-order valence-electron chi connectivity index (χ1n) is 5.61. The maximum Gasteiger partial charge on any atom is 0.358 e. The molecule has 0 saturated carbocycles. The highest BCUT2D eigenvalue weighted by molar-refractivity contribution is 5.86. The van der Waals surface area contributed by atoms with Gasteiger partial charge in [0.25, 0.3) is 0 Å². The Kier molecular flexibility index (Phi) is 3.46. The van der Waals surface area contributed by atoms with Crippen LogP contribution >= 0.6 is 0 Å². The second-order valence-electron chi connectivity index (χ2n) is 3.96. The first-order valence-corrected chi connectivity index (χ1v) is 5.61. The normalized spacial score (nSPS) is 10.3. The molecule has 7 nitrogen and oxygen atoms in total. The van der Waals surface area contributed by atoms with Gasteiger partial charge in [-0.25, -0.2) is 14.8 Å². The smallest absolute Gasteiger partial charge is 0.358 e. The third-order valence-electron chi connectivity index (χ3n) is 2.67. The average Bonchev–Trinajstić information content (AvgIpc) is 2.65. The third kappa shape index (κ3) is 2.54. The molecule has 0 aliphatic carbocycles. The largest absolute Gasteiger partial charge is 0.464 e. The zero-order valence-electron chi connectivity index (χ0n) is 11.2. The summed E-state index contributed by atoms with van der Waals surface area (Å²) < 4.78 is 11.9. The Balaban J connectivity index is 2.22. The van der Waals surface area contributed by atoms with Crippen LogP contribution in [0.25, 0.3) is 0 Å². The van der Waals surface area contributed by atoms with Crippen LogP contribution in [0, 0.1) is 13.8 Å². The van der Waals surface area contributed by atoms with E-state index in [1.54, 1.807) is 4.68 Å². The molecule has 0 spiro atoms. The van der Waals surface area contributed by atoms with Crippen LogP contribution < -0.4 is 4.74 Å². The Hall–Kier alpha value is -2.44. The molecule has 0 fully saturated rings. The number of aryl methyl sites for hydroxylation is 2. The average molecular weight is 262 g/mol. The minimum absolute atomic E-state index is 0.134. The number of rotatable bonds is 3. The van der Waals surface area contributed by atoms with E-state index in [1.807, 2.05) is 20.9 Å². The summed E-state index contributed by atoms with van der Waals surface area (Å²) in [6, 6.07) is 0. The highest BCUT2D eigenvalue weighted by atomic mass is 16.5. The molecule has 0 aromatic carbocycles. The van der Waals surface area contributed by atoms with Gasteiger partial charge < -0.3 is 9.47 Å². The van der Waals surface area contributed by atoms with Crippen molar-refractivity contribution in [3.63, 3.8) is 0 Å². The summed E-state index contributed by atoms with van der Waals surface area (Å²) in [5.74, 6) is 0.405. The molecule has 0 N–H and O–H groups in total. The van der Waals surface area contributed by atoms with Gasteiger partial charge in [-0.05, 0) is 13.8 Å². The summed E-state index contributed by atoms with van der Waals surface area (Å²) >= 11 is 0. The number of aromatic nitrogens is 4. The van der Waals surface area contributed by atoms with Gasteiger partial charge in [-0.1, -0.05) is 0 Å². The van der Waals surface area contributed by atoms with Gasteiger partial charge in [0.1, 0.15) is 5.69 Å². The lowest BCUT2D eigenvalue weighted by molar-refractivity contribution is 0.0593. The first kappa shape index (κ1) is 13.0. The molecule has 2 rings (SSSR count). The van der Waals surface area contributed by atoms with Crippen molar-refractivity contribution in [3.05, 3.63) is 29.5 Å². The van der Waals surface area contributed by atoms with E-state index in [9.17, 15) is 4.79 Å². The van der Waals surface area contributed by atoms with E-state index in [0.717, 1.165) is 11.4 Å². The molecule has 0 amide bonds. The lowest BCUT2D eigenvalue weighted by Gasteiger charge is -2.05. The van der Waals surface area contributed by atoms with Gasteiger partial charge in [-0.15, -0.1) is 0 Å². The molecular weight excluding hydrogens is 248 g/mol. The number of hydrogen-bond donors (Lipinski definition) is 0. The Labute approximate surface area is 110 Å². The predicted molar refractivity (Wildman–Crippen MR) is 66.1 cm³/mol. The van der Waals surface area contributed by atoms with Crippen molar-refractivity contribution in [3.8, 4) is 11.6 Å². The lowest BCUT2D eigenvalue weighted by atomic mass is 10.3. The van der Waals surface area contributed by atoms with E-state index < -0.39 is 5.97 Å². The summed E-state index contributed by atoms with van der Waals surface area (Å²) in [5, 5.41) is 4.24. The molecule has 7 heteroatoms. The number of carbonyl (C=O) groups excluding carboxylic acids is 1. The maximum absolute atomic E-state index is 11.2. The molecule has 0 saturated heterocycles. The van der Waals surface area contributed by atoms with E-state index in [1.165, 1.54) is 19.5 Å². The molecule has 19 heavy (non-hydrogen) atoms. The molecule has 2 aromatic heterocycles. The Morgan fingerprint density at radius 1 is 1.26 bits per heavy atom. The predicted octanol–water partition coefficient (Wildman–Crippen LogP) is 1.41. The highest BCUT2D eigenvalue weighted by Gasteiger charge is 2.13. The SMILES string of the molecule is COC(=O)c1cnc(Oc2c(C)nn(C)c2C)cn1. The maximum atomic E-state index is 11.2. The van der Waals surface area contributed by atoms with Gasteiger partial charge in [-0.3, -0.25) is 4.68 Å². The summed E-state index contributed by atoms with van der Waals surface area (Å²) in [4.78, 5) is 19.2. The summed E-state index contributed by atoms with van der Waals surface area (Å²) in [6.45, 7) is 3.74. The summed E-state index contributed by atoms with van der Waals surface area (Å²) in [7, 11) is 3.12. The molecule has 0 aliphatic rings. The highest BCUT2D eigenvalue weighted by Crippen LogP contribution is 2.26. The van der Waals surface area contributed by atoms with Crippen molar-refractivity contribution in [2.45, 2.75) is 13.8 Å². The van der Waals surface area contributed by atoms with Crippen LogP contribution in [0.15, 0.2) is 12.4 Å². The molecule has 0 bridgehead atoms. The van der Waals surface area contributed by atoms with Gasteiger partial charge in [0.15, 0.2) is 11.4 Å². The zero-order chi connectivity index (χ0) is 14.0. The number of carbonyl (C=O) groups is 1. The molecular formula is C12H14N4O3. The number of methoxy groups -OCH3 is 1. The Morgan fingerprint density at radius 3 is 2.47 bits per heavy atom. The van der Waals surface area contributed by atoms with Gasteiger partial charge in [0.05, 0.1) is 25.2 Å². The fraction of sp³-hybridized carbons (Fsp3) is 0.333. The molecule has 0 unspecified atom stereocenters. The second-order valence-corrected chi connectivity index (χ2v) is 3.96. The van der Waals surface area contributed by atoms with Crippen molar-refractivity contribution >= 4 is 5.97 Å². The van der Waals surface area contributed by atoms with E-state index in [2.05, 4.69) is 19.8 Å². The van der Waals surface area contributed by atoms with Crippen LogP contribution in [-0.2, 0) is 11.8 Å². The van der Waals surface area contributed by atoms with Crippen LogP contribution in [0.1, 0.15) is 21.9 Å². The van der Waals surface area contributed by atoms with Crippen LogP contribution in [-0.4, -0.2) is 32.8 Å². The number of hydrogen-bond acceptors (Lipinski definition) is 6. The van der Waals surface area contributed by atoms with Gasteiger partial charge in [0.2, 0.25) is 5.88 Å². The van der Waals surface area contributed by atoms with Gasteiger partial charge >= 0.3 is 5.97 Å². The summed E-state index contributed by atoms with van der Waals surface area (Å²) in [6.07, 6.45) is 2.68. The third-order valence-corrected chi connectivity index (χ3v) is 2.67. The van der Waals surface area contributed by atoms with Crippen molar-refractivity contribution in [1.82, 2.24) is 19.7 Å². The molecule has 2 aromatic rings. The van der Waals surface area contributed by atoms with E-state index >= 15 is 0 Å². The molecule has 0 atom stereocenters. The van der Waals surface area contributed by atoms with Crippen LogP contribution in [0.2, 0.25) is 0 Å². The first-order chi connectivity index (χ1) is 9.02. The lowest BCUT2D eigenvalue weighted by Crippen LogP contribution is -2.05. The van der Waals surface area contributed by atoms with Crippen molar-refractivity contribution in [1.29, 1.82) is 0 Å². The molecule has 100 valence electrons. The fourth-order valence-electron chi connectivity index (χ4n) is 1.59. The molecule has 0 aliphatic heterocycles. The zero-order valence-corrected chi connectivity index (χ0v) is 11.2. The van der Waals surface area contributed by atoms with Crippen LogP contribution in [0.5, 0.6) is 11.6 Å². The molecule has 0 radical (unpaired) electrons. The second kappa shape index (κ2) is 5.05. The monoisotopic (exact) mass is 262 g/mol. The van der Waals surface area contributed by atoms with E-state index in [4.69, 9.17) is 4.74 Å². The Morgan fingerprint density at radius 2 is 2.00 bits per heavy atom.